The minimum atomic E-state index is -4.01. The third-order valence-corrected chi connectivity index (χ3v) is 5.84. The van der Waals surface area contributed by atoms with Gasteiger partial charge in [-0.05, 0) is 63.2 Å². The van der Waals surface area contributed by atoms with Crippen molar-refractivity contribution in [3.05, 3.63) is 71.3 Å². The first kappa shape index (κ1) is 21.8. The van der Waals surface area contributed by atoms with Crippen LogP contribution in [0.2, 0.25) is 5.02 Å². The molecule has 0 atom stereocenters. The Bertz CT molecular complexity index is 1190. The van der Waals surface area contributed by atoms with E-state index in [4.69, 9.17) is 11.6 Å². The molecule has 158 valence electrons. The number of carbonyl (C=O) groups is 1. The second-order valence-corrected chi connectivity index (χ2v) is 9.64. The van der Waals surface area contributed by atoms with Crippen molar-refractivity contribution in [1.82, 2.24) is 9.78 Å². The van der Waals surface area contributed by atoms with Gasteiger partial charge in [-0.2, -0.15) is 5.10 Å². The van der Waals surface area contributed by atoms with Gasteiger partial charge in [-0.15, -0.1) is 0 Å². The highest BCUT2D eigenvalue weighted by Crippen LogP contribution is 2.26. The maximum absolute atomic E-state index is 13.1. The first-order chi connectivity index (χ1) is 14.0. The Balaban J connectivity index is 1.81. The molecule has 1 heterocycles. The van der Waals surface area contributed by atoms with E-state index in [-0.39, 0.29) is 26.7 Å². The van der Waals surface area contributed by atoms with Crippen LogP contribution in [0.4, 0.5) is 15.8 Å². The van der Waals surface area contributed by atoms with E-state index in [1.54, 1.807) is 10.9 Å². The lowest BCUT2D eigenvalue weighted by Crippen LogP contribution is -2.22. The van der Waals surface area contributed by atoms with Crippen LogP contribution in [-0.4, -0.2) is 24.1 Å². The maximum Gasteiger partial charge on any atom is 0.261 e. The van der Waals surface area contributed by atoms with E-state index in [9.17, 15) is 17.6 Å². The molecule has 0 unspecified atom stereocenters. The molecule has 0 spiro atoms. The molecule has 0 aliphatic rings. The lowest BCUT2D eigenvalue weighted by atomic mass is 10.1. The Morgan fingerprint density at radius 2 is 1.80 bits per heavy atom. The van der Waals surface area contributed by atoms with Gasteiger partial charge in [0, 0.05) is 11.8 Å². The summed E-state index contributed by atoms with van der Waals surface area (Å²) >= 11 is 6.10. The zero-order valence-corrected chi connectivity index (χ0v) is 18.1. The number of hydrogen-bond acceptors (Lipinski definition) is 4. The number of benzene rings is 2. The minimum absolute atomic E-state index is 0.0269. The van der Waals surface area contributed by atoms with Crippen molar-refractivity contribution in [2.45, 2.75) is 31.2 Å². The number of hydrogen-bond donors (Lipinski definition) is 2. The zero-order valence-electron chi connectivity index (χ0n) is 16.5. The van der Waals surface area contributed by atoms with Crippen LogP contribution >= 0.6 is 11.6 Å². The van der Waals surface area contributed by atoms with Crippen molar-refractivity contribution in [2.24, 2.45) is 0 Å². The molecule has 7 nitrogen and oxygen atoms in total. The van der Waals surface area contributed by atoms with Crippen molar-refractivity contribution in [1.29, 1.82) is 0 Å². The number of anilines is 2. The molecule has 10 heteroatoms. The van der Waals surface area contributed by atoms with Crippen LogP contribution in [0.15, 0.2) is 59.8 Å². The molecule has 2 aromatic carbocycles. The fraction of sp³-hybridized carbons (Fsp3) is 0.200. The van der Waals surface area contributed by atoms with Crippen molar-refractivity contribution >= 4 is 38.9 Å². The fourth-order valence-electron chi connectivity index (χ4n) is 2.52. The Labute approximate surface area is 178 Å². The topological polar surface area (TPSA) is 93.1 Å². The van der Waals surface area contributed by atoms with Crippen molar-refractivity contribution in [3.8, 4) is 0 Å². The minimum Gasteiger partial charge on any atom is -0.319 e. The quantitative estimate of drug-likeness (QED) is 0.599. The van der Waals surface area contributed by atoms with Crippen molar-refractivity contribution < 1.29 is 17.6 Å². The van der Waals surface area contributed by atoms with Crippen molar-refractivity contribution in [3.63, 3.8) is 0 Å². The third kappa shape index (κ3) is 4.98. The van der Waals surface area contributed by atoms with Crippen LogP contribution in [0.3, 0.4) is 0 Å². The summed E-state index contributed by atoms with van der Waals surface area (Å²) in [4.78, 5) is 12.5. The molecular weight excluding hydrogens is 431 g/mol. The summed E-state index contributed by atoms with van der Waals surface area (Å²) < 4.78 is 42.2. The lowest BCUT2D eigenvalue weighted by molar-refractivity contribution is 0.102. The molecule has 0 aliphatic carbocycles. The van der Waals surface area contributed by atoms with Gasteiger partial charge in [0.2, 0.25) is 0 Å². The average molecular weight is 451 g/mol. The molecule has 0 bridgehead atoms. The van der Waals surface area contributed by atoms with Gasteiger partial charge in [0.25, 0.3) is 15.9 Å². The van der Waals surface area contributed by atoms with Gasteiger partial charge in [0.15, 0.2) is 0 Å². The number of nitrogens with zero attached hydrogens (tertiary/aromatic N) is 2. The summed E-state index contributed by atoms with van der Waals surface area (Å²) in [6, 6.07) is 8.56. The average Bonchev–Trinajstić information content (AvgIpc) is 3.12. The highest BCUT2D eigenvalue weighted by molar-refractivity contribution is 7.92. The number of aromatic nitrogens is 2. The predicted molar refractivity (Wildman–Crippen MR) is 114 cm³/mol. The van der Waals surface area contributed by atoms with Gasteiger partial charge in [0.1, 0.15) is 5.82 Å². The predicted octanol–water partition coefficient (Wildman–Crippen LogP) is 4.48. The number of sulfonamides is 1. The third-order valence-electron chi connectivity index (χ3n) is 4.12. The molecule has 1 amide bonds. The van der Waals surface area contributed by atoms with Gasteiger partial charge in [0.05, 0.1) is 33.0 Å². The van der Waals surface area contributed by atoms with Gasteiger partial charge >= 0.3 is 0 Å². The van der Waals surface area contributed by atoms with Crippen LogP contribution in [0, 0.1) is 5.82 Å². The second kappa shape index (κ2) is 8.08. The highest BCUT2D eigenvalue weighted by Gasteiger charge is 2.19. The van der Waals surface area contributed by atoms with E-state index in [1.807, 2.05) is 20.8 Å². The smallest absolute Gasteiger partial charge is 0.261 e. The lowest BCUT2D eigenvalue weighted by Gasteiger charge is -2.18. The van der Waals surface area contributed by atoms with E-state index in [1.165, 1.54) is 24.4 Å². The first-order valence-electron chi connectivity index (χ1n) is 8.90. The summed E-state index contributed by atoms with van der Waals surface area (Å²) in [5.74, 6) is -1.01. The van der Waals surface area contributed by atoms with Crippen LogP contribution < -0.4 is 10.0 Å². The standard InChI is InChI=1S/C20H20ClFN4O3S/c1-20(2,3)26-12-15(11-23-26)24-19(27)13-4-9-17(21)18(10-13)25-30(28,29)16-7-5-14(22)6-8-16/h4-12,25H,1-3H3,(H,24,27). The molecule has 0 saturated carbocycles. The Morgan fingerprint density at radius 3 is 2.40 bits per heavy atom. The molecule has 1 aromatic heterocycles. The van der Waals surface area contributed by atoms with Crippen LogP contribution in [0.5, 0.6) is 0 Å². The number of amides is 1. The number of carbonyl (C=O) groups excluding carboxylic acids is 1. The monoisotopic (exact) mass is 450 g/mol. The van der Waals surface area contributed by atoms with E-state index in [0.29, 0.717) is 5.69 Å². The van der Waals surface area contributed by atoms with E-state index in [2.05, 4.69) is 15.1 Å². The first-order valence-corrected chi connectivity index (χ1v) is 10.8. The summed E-state index contributed by atoms with van der Waals surface area (Å²) in [6.45, 7) is 5.93. The molecule has 3 aromatic rings. The zero-order chi connectivity index (χ0) is 22.1. The Kier molecular flexibility index (Phi) is 5.87. The second-order valence-electron chi connectivity index (χ2n) is 7.55. The number of nitrogens with one attached hydrogen (secondary N) is 2. The molecule has 0 radical (unpaired) electrons. The largest absolute Gasteiger partial charge is 0.319 e. The molecule has 2 N–H and O–H groups in total. The van der Waals surface area contributed by atoms with Crippen LogP contribution in [-0.2, 0) is 15.6 Å². The van der Waals surface area contributed by atoms with Gasteiger partial charge in [-0.3, -0.25) is 14.2 Å². The Hall–Kier alpha value is -2.91. The normalized spacial score (nSPS) is 11.9. The number of rotatable bonds is 5. The van der Waals surface area contributed by atoms with E-state index >= 15 is 0 Å². The molecule has 3 rings (SSSR count). The summed E-state index contributed by atoms with van der Waals surface area (Å²) in [5.41, 5.74) is 0.478. The van der Waals surface area contributed by atoms with Crippen LogP contribution in [0.1, 0.15) is 31.1 Å². The van der Waals surface area contributed by atoms with Gasteiger partial charge in [-0.25, -0.2) is 12.8 Å². The van der Waals surface area contributed by atoms with Gasteiger partial charge < -0.3 is 5.32 Å². The number of halogens is 2. The van der Waals surface area contributed by atoms with E-state index in [0.717, 1.165) is 24.3 Å². The van der Waals surface area contributed by atoms with Crippen LogP contribution in [0.25, 0.3) is 0 Å². The summed E-state index contributed by atoms with van der Waals surface area (Å²) in [5, 5.41) is 7.04. The Morgan fingerprint density at radius 1 is 1.13 bits per heavy atom. The SMILES string of the molecule is CC(C)(C)n1cc(NC(=O)c2ccc(Cl)c(NS(=O)(=O)c3ccc(F)cc3)c2)cn1. The van der Waals surface area contributed by atoms with Gasteiger partial charge in [-0.1, -0.05) is 11.6 Å². The summed E-state index contributed by atoms with van der Waals surface area (Å²) in [7, 11) is -4.01. The molecule has 0 saturated heterocycles. The maximum atomic E-state index is 13.1. The molecule has 0 fully saturated rings. The molecule has 0 aliphatic heterocycles. The molecule has 30 heavy (non-hydrogen) atoms. The van der Waals surface area contributed by atoms with E-state index < -0.39 is 21.7 Å². The molecular formula is C20H20ClFN4O3S. The highest BCUT2D eigenvalue weighted by atomic mass is 35.5. The summed E-state index contributed by atoms with van der Waals surface area (Å²) in [6.07, 6.45) is 3.23. The fourth-order valence-corrected chi connectivity index (χ4v) is 3.81. The van der Waals surface area contributed by atoms with Crippen molar-refractivity contribution in [2.75, 3.05) is 10.0 Å².